The predicted molar refractivity (Wildman–Crippen MR) is 104 cm³/mol. The van der Waals surface area contributed by atoms with Gasteiger partial charge in [0, 0.05) is 25.1 Å². The van der Waals surface area contributed by atoms with Crippen LogP contribution < -0.4 is 19.7 Å². The van der Waals surface area contributed by atoms with E-state index in [0.717, 1.165) is 12.8 Å². The highest BCUT2D eigenvalue weighted by molar-refractivity contribution is 6.01. The van der Waals surface area contributed by atoms with E-state index in [-0.39, 0.29) is 30.2 Å². The minimum absolute atomic E-state index is 0.00159. The lowest BCUT2D eigenvalue weighted by atomic mass is 9.96. The lowest BCUT2D eigenvalue weighted by molar-refractivity contribution is -0.127. The lowest BCUT2D eigenvalue weighted by Gasteiger charge is -2.23. The number of benzene rings is 1. The molecule has 0 aromatic heterocycles. The maximum absolute atomic E-state index is 12.8. The Morgan fingerprint density at radius 1 is 1.07 bits per heavy atom. The topological polar surface area (TPSA) is 67.9 Å². The fraction of sp³-hybridized carbons (Fsp3) is 0.619. The molecule has 6 nitrogen and oxygen atoms in total. The highest BCUT2D eigenvalue weighted by Crippen LogP contribution is 2.36. The van der Waals surface area contributed by atoms with Crippen molar-refractivity contribution in [1.29, 1.82) is 0 Å². The SMILES string of the molecule is COc1ccc(OC)c(N2C[C@H](C(=O)NC3CCCCCCC3)CC2=O)c1. The largest absolute Gasteiger partial charge is 0.497 e. The molecule has 0 radical (unpaired) electrons. The first-order valence-corrected chi connectivity index (χ1v) is 9.95. The maximum atomic E-state index is 12.8. The van der Waals surface area contributed by atoms with Gasteiger partial charge in [-0.15, -0.1) is 0 Å². The number of nitrogens with one attached hydrogen (secondary N) is 1. The summed E-state index contributed by atoms with van der Waals surface area (Å²) in [6, 6.07) is 5.60. The number of methoxy groups -OCH3 is 2. The van der Waals surface area contributed by atoms with Gasteiger partial charge in [0.05, 0.1) is 25.8 Å². The molecule has 1 aliphatic carbocycles. The molecule has 0 bridgehead atoms. The van der Waals surface area contributed by atoms with Crippen LogP contribution in [-0.4, -0.2) is 38.6 Å². The molecule has 148 valence electrons. The number of hydrogen-bond acceptors (Lipinski definition) is 4. The Morgan fingerprint density at radius 2 is 1.78 bits per heavy atom. The monoisotopic (exact) mass is 374 g/mol. The number of ether oxygens (including phenoxy) is 2. The molecule has 27 heavy (non-hydrogen) atoms. The zero-order chi connectivity index (χ0) is 19.2. The first-order valence-electron chi connectivity index (χ1n) is 9.95. The van der Waals surface area contributed by atoms with Crippen molar-refractivity contribution in [2.75, 3.05) is 25.7 Å². The first-order chi connectivity index (χ1) is 13.1. The normalized spacial score (nSPS) is 21.5. The summed E-state index contributed by atoms with van der Waals surface area (Å²) in [6.07, 6.45) is 8.45. The smallest absolute Gasteiger partial charge is 0.227 e. The second-order valence-corrected chi connectivity index (χ2v) is 7.49. The fourth-order valence-corrected chi connectivity index (χ4v) is 4.04. The van der Waals surface area contributed by atoms with E-state index in [1.54, 1.807) is 37.3 Å². The molecule has 1 heterocycles. The van der Waals surface area contributed by atoms with Crippen molar-refractivity contribution in [3.63, 3.8) is 0 Å². The van der Waals surface area contributed by atoms with Crippen molar-refractivity contribution in [2.45, 2.75) is 57.4 Å². The fourth-order valence-electron chi connectivity index (χ4n) is 4.04. The lowest BCUT2D eigenvalue weighted by Crippen LogP contribution is -2.40. The van der Waals surface area contributed by atoms with Crippen molar-refractivity contribution in [2.24, 2.45) is 5.92 Å². The van der Waals surface area contributed by atoms with Crippen LogP contribution in [0.2, 0.25) is 0 Å². The first kappa shape index (κ1) is 19.5. The van der Waals surface area contributed by atoms with Gasteiger partial charge in [-0.3, -0.25) is 9.59 Å². The zero-order valence-corrected chi connectivity index (χ0v) is 16.3. The molecule has 2 fully saturated rings. The summed E-state index contributed by atoms with van der Waals surface area (Å²) < 4.78 is 10.7. The third-order valence-electron chi connectivity index (χ3n) is 5.62. The summed E-state index contributed by atoms with van der Waals surface area (Å²) in [5.41, 5.74) is 0.656. The van der Waals surface area contributed by atoms with Crippen molar-refractivity contribution < 1.29 is 19.1 Å². The van der Waals surface area contributed by atoms with Crippen LogP contribution in [-0.2, 0) is 9.59 Å². The summed E-state index contributed by atoms with van der Waals surface area (Å²) in [7, 11) is 3.16. The second kappa shape index (κ2) is 9.11. The van der Waals surface area contributed by atoms with Crippen LogP contribution >= 0.6 is 0 Å². The summed E-state index contributed by atoms with van der Waals surface area (Å²) >= 11 is 0. The summed E-state index contributed by atoms with van der Waals surface area (Å²) in [4.78, 5) is 27.0. The summed E-state index contributed by atoms with van der Waals surface area (Å²) in [5.74, 6) is 0.878. The number of nitrogens with zero attached hydrogens (tertiary/aromatic N) is 1. The minimum atomic E-state index is -0.321. The Bertz CT molecular complexity index is 668. The third kappa shape index (κ3) is 4.73. The van der Waals surface area contributed by atoms with Gasteiger partial charge in [0.25, 0.3) is 0 Å². The Balaban J connectivity index is 1.67. The summed E-state index contributed by atoms with van der Waals surface area (Å²) in [5, 5.41) is 3.20. The minimum Gasteiger partial charge on any atom is -0.497 e. The van der Waals surface area contributed by atoms with Crippen molar-refractivity contribution in [3.05, 3.63) is 18.2 Å². The van der Waals surface area contributed by atoms with Gasteiger partial charge >= 0.3 is 0 Å². The Hall–Kier alpha value is -2.24. The average Bonchev–Trinajstić information content (AvgIpc) is 3.05. The van der Waals surface area contributed by atoms with Gasteiger partial charge in [-0.05, 0) is 25.0 Å². The molecule has 1 aromatic rings. The quantitative estimate of drug-likeness (QED) is 0.859. The van der Waals surface area contributed by atoms with E-state index >= 15 is 0 Å². The van der Waals surface area contributed by atoms with E-state index in [4.69, 9.17) is 9.47 Å². The van der Waals surface area contributed by atoms with Crippen LogP contribution in [0.4, 0.5) is 5.69 Å². The molecule has 0 spiro atoms. The molecule has 1 aliphatic heterocycles. The van der Waals surface area contributed by atoms with Gasteiger partial charge in [-0.25, -0.2) is 0 Å². The molecule has 1 saturated heterocycles. The molecule has 6 heteroatoms. The van der Waals surface area contributed by atoms with Crippen LogP contribution in [0.3, 0.4) is 0 Å². The molecule has 3 rings (SSSR count). The van der Waals surface area contributed by atoms with Crippen LogP contribution in [0.1, 0.15) is 51.4 Å². The van der Waals surface area contributed by atoms with Gasteiger partial charge < -0.3 is 19.7 Å². The van der Waals surface area contributed by atoms with Crippen LogP contribution in [0.15, 0.2) is 18.2 Å². The Morgan fingerprint density at radius 3 is 2.44 bits per heavy atom. The van der Waals surface area contributed by atoms with Gasteiger partial charge in [-0.1, -0.05) is 32.1 Å². The maximum Gasteiger partial charge on any atom is 0.227 e. The standard InChI is InChI=1S/C21H30N2O4/c1-26-17-10-11-19(27-2)18(13-17)23-14-15(12-20(23)24)21(25)22-16-8-6-4-3-5-7-9-16/h10-11,13,15-16H,3-9,12,14H2,1-2H3,(H,22,25)/t15-/m1/s1. The van der Waals surface area contributed by atoms with Gasteiger partial charge in [-0.2, -0.15) is 0 Å². The van der Waals surface area contributed by atoms with Crippen LogP contribution in [0.25, 0.3) is 0 Å². The van der Waals surface area contributed by atoms with Crippen LogP contribution in [0, 0.1) is 5.92 Å². The van der Waals surface area contributed by atoms with Gasteiger partial charge in [0.2, 0.25) is 11.8 Å². The molecule has 2 aliphatic rings. The van der Waals surface area contributed by atoms with Crippen molar-refractivity contribution in [1.82, 2.24) is 5.32 Å². The molecule has 2 amide bonds. The third-order valence-corrected chi connectivity index (χ3v) is 5.62. The molecule has 0 unspecified atom stereocenters. The van der Waals surface area contributed by atoms with Crippen LogP contribution in [0.5, 0.6) is 11.5 Å². The molecular weight excluding hydrogens is 344 g/mol. The summed E-state index contributed by atoms with van der Waals surface area (Å²) in [6.45, 7) is 0.376. The average molecular weight is 374 g/mol. The highest BCUT2D eigenvalue weighted by Gasteiger charge is 2.37. The molecule has 1 saturated carbocycles. The number of rotatable bonds is 5. The van der Waals surface area contributed by atoms with E-state index in [1.165, 1.54) is 32.1 Å². The number of hydrogen-bond donors (Lipinski definition) is 1. The van der Waals surface area contributed by atoms with Crippen molar-refractivity contribution >= 4 is 17.5 Å². The number of carbonyl (C=O) groups excluding carboxylic acids is 2. The number of amides is 2. The number of carbonyl (C=O) groups is 2. The van der Waals surface area contributed by atoms with Crippen molar-refractivity contribution in [3.8, 4) is 11.5 Å². The van der Waals surface area contributed by atoms with E-state index < -0.39 is 0 Å². The molecule has 1 aromatic carbocycles. The Labute approximate surface area is 161 Å². The van der Waals surface area contributed by atoms with Gasteiger partial charge in [0.1, 0.15) is 11.5 Å². The number of anilines is 1. The van der Waals surface area contributed by atoms with E-state index in [1.807, 2.05) is 0 Å². The van der Waals surface area contributed by atoms with E-state index in [9.17, 15) is 9.59 Å². The Kier molecular flexibility index (Phi) is 6.58. The van der Waals surface area contributed by atoms with E-state index in [0.29, 0.717) is 23.7 Å². The molecular formula is C21H30N2O4. The van der Waals surface area contributed by atoms with Gasteiger partial charge in [0.15, 0.2) is 0 Å². The molecule has 1 N–H and O–H groups in total. The highest BCUT2D eigenvalue weighted by atomic mass is 16.5. The van der Waals surface area contributed by atoms with E-state index in [2.05, 4.69) is 5.32 Å². The zero-order valence-electron chi connectivity index (χ0n) is 16.3. The second-order valence-electron chi connectivity index (χ2n) is 7.49. The molecule has 1 atom stereocenters. The predicted octanol–water partition coefficient (Wildman–Crippen LogP) is 3.29.